The molecule has 2 heterocycles. The smallest absolute Gasteiger partial charge is 0.123 e. The number of aromatic nitrogens is 2. The van der Waals surface area contributed by atoms with Crippen LogP contribution in [0.5, 0.6) is 11.5 Å². The Morgan fingerprint density at radius 2 is 2.29 bits per heavy atom. The molecule has 4 rings (SSSR count). The van der Waals surface area contributed by atoms with Crippen LogP contribution >= 0.6 is 0 Å². The van der Waals surface area contributed by atoms with Crippen molar-refractivity contribution in [3.8, 4) is 11.5 Å². The maximum absolute atomic E-state index is 5.90. The molecule has 0 spiro atoms. The lowest BCUT2D eigenvalue weighted by Gasteiger charge is -2.24. The third kappa shape index (κ3) is 2.67. The highest BCUT2D eigenvalue weighted by Crippen LogP contribution is 2.36. The number of fused-ring (bicyclic) bond motifs is 2. The number of rotatable bonds is 4. The molecule has 5 heteroatoms. The molecule has 0 amide bonds. The molecular formula is C19H25N3O2. The summed E-state index contributed by atoms with van der Waals surface area (Å²) in [5.41, 5.74) is 5.10. The summed E-state index contributed by atoms with van der Waals surface area (Å²) in [4.78, 5) is 0. The van der Waals surface area contributed by atoms with Crippen LogP contribution in [-0.2, 0) is 26.4 Å². The maximum atomic E-state index is 5.90. The molecule has 2 aromatic rings. The van der Waals surface area contributed by atoms with Gasteiger partial charge in [-0.05, 0) is 38.3 Å². The highest BCUT2D eigenvalue weighted by atomic mass is 16.5. The van der Waals surface area contributed by atoms with Crippen LogP contribution in [0.4, 0.5) is 0 Å². The van der Waals surface area contributed by atoms with Crippen molar-refractivity contribution in [1.29, 1.82) is 0 Å². The minimum atomic E-state index is 0.254. The number of nitrogens with zero attached hydrogens (tertiary/aromatic N) is 2. The highest BCUT2D eigenvalue weighted by molar-refractivity contribution is 5.48. The van der Waals surface area contributed by atoms with Crippen molar-refractivity contribution in [1.82, 2.24) is 15.1 Å². The molecule has 2 unspecified atom stereocenters. The molecule has 0 fully saturated rings. The van der Waals surface area contributed by atoms with E-state index in [1.807, 2.05) is 17.9 Å². The monoisotopic (exact) mass is 327 g/mol. The maximum Gasteiger partial charge on any atom is 0.123 e. The molecule has 24 heavy (non-hydrogen) atoms. The Hall–Kier alpha value is -2.01. The Kier molecular flexibility index (Phi) is 3.96. The molecule has 1 N–H and O–H groups in total. The second-order valence-corrected chi connectivity index (χ2v) is 6.90. The first-order valence-electron chi connectivity index (χ1n) is 8.76. The Morgan fingerprint density at radius 1 is 1.42 bits per heavy atom. The Labute approximate surface area is 143 Å². The molecule has 128 valence electrons. The quantitative estimate of drug-likeness (QED) is 0.938. The summed E-state index contributed by atoms with van der Waals surface area (Å²) in [7, 11) is 3.77. The van der Waals surface area contributed by atoms with Gasteiger partial charge in [-0.25, -0.2) is 0 Å². The summed E-state index contributed by atoms with van der Waals surface area (Å²) in [6.45, 7) is 2.88. The van der Waals surface area contributed by atoms with Crippen molar-refractivity contribution in [2.45, 2.75) is 51.3 Å². The van der Waals surface area contributed by atoms with Crippen LogP contribution in [0.25, 0.3) is 0 Å². The molecule has 0 radical (unpaired) electrons. The van der Waals surface area contributed by atoms with Crippen LogP contribution in [0.15, 0.2) is 18.3 Å². The number of benzene rings is 1. The first-order chi connectivity index (χ1) is 11.7. The predicted molar refractivity (Wildman–Crippen MR) is 92.5 cm³/mol. The van der Waals surface area contributed by atoms with Gasteiger partial charge in [-0.1, -0.05) is 0 Å². The zero-order chi connectivity index (χ0) is 16.7. The lowest BCUT2D eigenvalue weighted by atomic mass is 9.93. The molecule has 1 aromatic carbocycles. The minimum absolute atomic E-state index is 0.254. The fourth-order valence-corrected chi connectivity index (χ4v) is 3.96. The van der Waals surface area contributed by atoms with Gasteiger partial charge in [0.2, 0.25) is 0 Å². The summed E-state index contributed by atoms with van der Waals surface area (Å²) in [6.07, 6.45) is 6.70. The van der Waals surface area contributed by atoms with Crippen molar-refractivity contribution in [2.75, 3.05) is 7.11 Å². The van der Waals surface area contributed by atoms with E-state index >= 15 is 0 Å². The largest absolute Gasteiger partial charge is 0.496 e. The van der Waals surface area contributed by atoms with Crippen molar-refractivity contribution in [3.05, 3.63) is 40.7 Å². The second kappa shape index (κ2) is 6.13. The first-order valence-corrected chi connectivity index (χ1v) is 8.76. The average Bonchev–Trinajstić information content (AvgIpc) is 3.14. The predicted octanol–water partition coefficient (Wildman–Crippen LogP) is 2.92. The second-order valence-electron chi connectivity index (χ2n) is 6.90. The topological polar surface area (TPSA) is 48.3 Å². The van der Waals surface area contributed by atoms with Gasteiger partial charge in [-0.2, -0.15) is 5.10 Å². The molecule has 0 saturated carbocycles. The van der Waals surface area contributed by atoms with Gasteiger partial charge in [0.15, 0.2) is 0 Å². The lowest BCUT2D eigenvalue weighted by molar-refractivity contribution is 0.254. The fourth-order valence-electron chi connectivity index (χ4n) is 3.96. The molecular weight excluding hydrogens is 302 g/mol. The molecule has 0 bridgehead atoms. The summed E-state index contributed by atoms with van der Waals surface area (Å²) in [5, 5.41) is 8.12. The SMILES string of the molecule is COc1cc2c(cc1CNC1CCCc3c1cnn3C)OC(C)C2. The van der Waals surface area contributed by atoms with E-state index in [-0.39, 0.29) is 6.10 Å². The molecule has 2 aliphatic rings. The molecule has 1 aliphatic heterocycles. The van der Waals surface area contributed by atoms with Gasteiger partial charge in [-0.15, -0.1) is 0 Å². The van der Waals surface area contributed by atoms with Crippen LogP contribution in [0, 0.1) is 0 Å². The van der Waals surface area contributed by atoms with Gasteiger partial charge < -0.3 is 14.8 Å². The van der Waals surface area contributed by atoms with Gasteiger partial charge in [0, 0.05) is 48.4 Å². The van der Waals surface area contributed by atoms with Crippen molar-refractivity contribution in [2.24, 2.45) is 7.05 Å². The van der Waals surface area contributed by atoms with Gasteiger partial charge >= 0.3 is 0 Å². The minimum Gasteiger partial charge on any atom is -0.496 e. The van der Waals surface area contributed by atoms with E-state index in [1.165, 1.54) is 23.2 Å². The van der Waals surface area contributed by atoms with E-state index in [0.29, 0.717) is 6.04 Å². The number of aryl methyl sites for hydroxylation is 1. The van der Waals surface area contributed by atoms with Gasteiger partial charge in [0.1, 0.15) is 17.6 Å². The normalized spacial score (nSPS) is 22.0. The van der Waals surface area contributed by atoms with Crippen molar-refractivity contribution < 1.29 is 9.47 Å². The molecule has 1 aliphatic carbocycles. The van der Waals surface area contributed by atoms with E-state index in [9.17, 15) is 0 Å². The van der Waals surface area contributed by atoms with Crippen LogP contribution in [-0.4, -0.2) is 23.0 Å². The number of ether oxygens (including phenoxy) is 2. The van der Waals surface area contributed by atoms with Crippen LogP contribution in [0.2, 0.25) is 0 Å². The third-order valence-corrected chi connectivity index (χ3v) is 5.21. The molecule has 5 nitrogen and oxygen atoms in total. The Balaban J connectivity index is 1.54. The van der Waals surface area contributed by atoms with Crippen molar-refractivity contribution >= 4 is 0 Å². The number of nitrogens with one attached hydrogen (secondary N) is 1. The van der Waals surface area contributed by atoms with E-state index in [1.54, 1.807) is 7.11 Å². The summed E-state index contributed by atoms with van der Waals surface area (Å²) < 4.78 is 13.5. The highest BCUT2D eigenvalue weighted by Gasteiger charge is 2.25. The zero-order valence-electron chi connectivity index (χ0n) is 14.6. The van der Waals surface area contributed by atoms with Crippen LogP contribution < -0.4 is 14.8 Å². The van der Waals surface area contributed by atoms with Crippen LogP contribution in [0.1, 0.15) is 48.2 Å². The Morgan fingerprint density at radius 3 is 3.12 bits per heavy atom. The van der Waals surface area contributed by atoms with E-state index in [2.05, 4.69) is 29.5 Å². The summed E-state index contributed by atoms with van der Waals surface area (Å²) >= 11 is 0. The molecule has 1 aromatic heterocycles. The fraction of sp³-hybridized carbons (Fsp3) is 0.526. The lowest BCUT2D eigenvalue weighted by Crippen LogP contribution is -2.25. The third-order valence-electron chi connectivity index (χ3n) is 5.21. The van der Waals surface area contributed by atoms with E-state index in [0.717, 1.165) is 42.9 Å². The first kappa shape index (κ1) is 15.5. The Bertz CT molecular complexity index is 753. The van der Waals surface area contributed by atoms with E-state index in [4.69, 9.17) is 9.47 Å². The van der Waals surface area contributed by atoms with Gasteiger partial charge in [-0.3, -0.25) is 4.68 Å². The molecule has 2 atom stereocenters. The van der Waals surface area contributed by atoms with E-state index < -0.39 is 0 Å². The standard InChI is InChI=1S/C19H25N3O2/c1-12-7-13-8-18(23-3)14(9-19(13)24-12)10-20-16-5-4-6-17-15(16)11-21-22(17)2/h8-9,11-12,16,20H,4-7,10H2,1-3H3. The average molecular weight is 327 g/mol. The number of hydrogen-bond donors (Lipinski definition) is 1. The van der Waals surface area contributed by atoms with Crippen LogP contribution in [0.3, 0.4) is 0 Å². The van der Waals surface area contributed by atoms with Gasteiger partial charge in [0.25, 0.3) is 0 Å². The molecule has 0 saturated heterocycles. The zero-order valence-corrected chi connectivity index (χ0v) is 14.6. The summed E-state index contributed by atoms with van der Waals surface area (Å²) in [6, 6.07) is 4.63. The van der Waals surface area contributed by atoms with Crippen molar-refractivity contribution in [3.63, 3.8) is 0 Å². The summed E-state index contributed by atoms with van der Waals surface area (Å²) in [5.74, 6) is 1.95. The number of methoxy groups -OCH3 is 1. The number of hydrogen-bond acceptors (Lipinski definition) is 4. The van der Waals surface area contributed by atoms with Gasteiger partial charge in [0.05, 0.1) is 13.3 Å².